The number of nitrogens with zero attached hydrogens (tertiary/aromatic N) is 3. The van der Waals surface area contributed by atoms with Gasteiger partial charge in [-0.25, -0.2) is 9.48 Å². The van der Waals surface area contributed by atoms with Crippen molar-refractivity contribution in [1.82, 2.24) is 15.0 Å². The van der Waals surface area contributed by atoms with Crippen LogP contribution >= 0.6 is 0 Å². The first-order valence-electron chi connectivity index (χ1n) is 7.06. The lowest BCUT2D eigenvalue weighted by Crippen LogP contribution is -2.20. The molecule has 0 aliphatic rings. The SMILES string of the molecule is CCOC(=O)c1nnn(CC(=O)Nc2ccc(OC)cc2)c1C. The molecule has 0 aliphatic heterocycles. The molecule has 1 N–H and O–H groups in total. The molecule has 1 aromatic carbocycles. The highest BCUT2D eigenvalue weighted by atomic mass is 16.5. The van der Waals surface area contributed by atoms with Gasteiger partial charge in [0.25, 0.3) is 0 Å². The normalized spacial score (nSPS) is 10.2. The Hall–Kier alpha value is -2.90. The van der Waals surface area contributed by atoms with E-state index in [4.69, 9.17) is 9.47 Å². The fourth-order valence-corrected chi connectivity index (χ4v) is 1.91. The minimum absolute atomic E-state index is 0.0513. The Morgan fingerprint density at radius 3 is 2.57 bits per heavy atom. The van der Waals surface area contributed by atoms with Gasteiger partial charge in [0, 0.05) is 5.69 Å². The summed E-state index contributed by atoms with van der Waals surface area (Å²) in [6.45, 7) is 3.57. The molecule has 2 aromatic rings. The molecule has 0 saturated carbocycles. The van der Waals surface area contributed by atoms with Gasteiger partial charge in [0.1, 0.15) is 12.3 Å². The lowest BCUT2D eigenvalue weighted by Gasteiger charge is -2.07. The molecule has 0 fully saturated rings. The van der Waals surface area contributed by atoms with Crippen molar-refractivity contribution in [1.29, 1.82) is 0 Å². The number of ether oxygens (including phenoxy) is 2. The maximum Gasteiger partial charge on any atom is 0.360 e. The Balaban J connectivity index is 2.01. The summed E-state index contributed by atoms with van der Waals surface area (Å²) < 4.78 is 11.3. The fraction of sp³-hybridized carbons (Fsp3) is 0.333. The van der Waals surface area contributed by atoms with Crippen LogP contribution < -0.4 is 10.1 Å². The van der Waals surface area contributed by atoms with Gasteiger partial charge in [0.05, 0.1) is 19.4 Å². The van der Waals surface area contributed by atoms with Crippen LogP contribution in [0.1, 0.15) is 23.1 Å². The van der Waals surface area contributed by atoms with Gasteiger partial charge >= 0.3 is 5.97 Å². The van der Waals surface area contributed by atoms with Gasteiger partial charge in [-0.3, -0.25) is 4.79 Å². The molecular formula is C15H18N4O4. The van der Waals surface area contributed by atoms with Gasteiger partial charge in [-0.15, -0.1) is 5.10 Å². The van der Waals surface area contributed by atoms with E-state index in [2.05, 4.69) is 15.6 Å². The van der Waals surface area contributed by atoms with Crippen molar-refractivity contribution in [2.75, 3.05) is 19.0 Å². The summed E-state index contributed by atoms with van der Waals surface area (Å²) in [7, 11) is 1.57. The van der Waals surface area contributed by atoms with Crippen LogP contribution in [0, 0.1) is 6.92 Å². The second-order valence-corrected chi connectivity index (χ2v) is 4.68. The Bertz CT molecular complexity index is 694. The average molecular weight is 318 g/mol. The van der Waals surface area contributed by atoms with Gasteiger partial charge in [-0.1, -0.05) is 5.21 Å². The van der Waals surface area contributed by atoms with Crippen LogP contribution in [0.3, 0.4) is 0 Å². The number of anilines is 1. The Kier molecular flexibility index (Phi) is 5.29. The number of amides is 1. The van der Waals surface area contributed by atoms with E-state index in [9.17, 15) is 9.59 Å². The lowest BCUT2D eigenvalue weighted by molar-refractivity contribution is -0.117. The molecule has 0 bridgehead atoms. The summed E-state index contributed by atoms with van der Waals surface area (Å²) in [6, 6.07) is 6.95. The maximum absolute atomic E-state index is 12.0. The van der Waals surface area contributed by atoms with Crippen LogP contribution in [0.2, 0.25) is 0 Å². The molecule has 23 heavy (non-hydrogen) atoms. The van der Waals surface area contributed by atoms with Crippen LogP contribution in [0.4, 0.5) is 5.69 Å². The third-order valence-corrected chi connectivity index (χ3v) is 3.12. The molecule has 8 nitrogen and oxygen atoms in total. The minimum Gasteiger partial charge on any atom is -0.497 e. The lowest BCUT2D eigenvalue weighted by atomic mass is 10.3. The van der Waals surface area contributed by atoms with Crippen molar-refractivity contribution in [3.8, 4) is 5.75 Å². The average Bonchev–Trinajstić information content (AvgIpc) is 2.89. The minimum atomic E-state index is -0.549. The number of carbonyl (C=O) groups excluding carboxylic acids is 2. The van der Waals surface area contributed by atoms with Crippen LogP contribution in [-0.2, 0) is 16.1 Å². The summed E-state index contributed by atoms with van der Waals surface area (Å²) in [4.78, 5) is 23.7. The summed E-state index contributed by atoms with van der Waals surface area (Å²) >= 11 is 0. The number of hydrogen-bond acceptors (Lipinski definition) is 6. The topological polar surface area (TPSA) is 95.3 Å². The van der Waals surface area contributed by atoms with Crippen molar-refractivity contribution in [3.63, 3.8) is 0 Å². The number of methoxy groups -OCH3 is 1. The van der Waals surface area contributed by atoms with Crippen LogP contribution in [0.15, 0.2) is 24.3 Å². The fourth-order valence-electron chi connectivity index (χ4n) is 1.91. The van der Waals surface area contributed by atoms with Crippen molar-refractivity contribution < 1.29 is 19.1 Å². The molecule has 0 unspecified atom stereocenters. The zero-order chi connectivity index (χ0) is 16.8. The monoisotopic (exact) mass is 318 g/mol. The third-order valence-electron chi connectivity index (χ3n) is 3.12. The van der Waals surface area contributed by atoms with E-state index in [0.717, 1.165) is 0 Å². The second kappa shape index (κ2) is 7.39. The van der Waals surface area contributed by atoms with E-state index < -0.39 is 5.97 Å². The van der Waals surface area contributed by atoms with E-state index in [1.54, 1.807) is 45.2 Å². The molecule has 2 rings (SSSR count). The number of nitrogens with one attached hydrogen (secondary N) is 1. The second-order valence-electron chi connectivity index (χ2n) is 4.68. The largest absolute Gasteiger partial charge is 0.497 e. The Morgan fingerprint density at radius 2 is 1.96 bits per heavy atom. The first-order valence-corrected chi connectivity index (χ1v) is 7.06. The molecule has 0 saturated heterocycles. The zero-order valence-corrected chi connectivity index (χ0v) is 13.2. The molecule has 8 heteroatoms. The van der Waals surface area contributed by atoms with Crippen molar-refractivity contribution in [2.45, 2.75) is 20.4 Å². The number of hydrogen-bond donors (Lipinski definition) is 1. The number of aromatic nitrogens is 3. The van der Waals surface area contributed by atoms with E-state index >= 15 is 0 Å². The molecule has 0 atom stereocenters. The van der Waals surface area contributed by atoms with Crippen LogP contribution in [0.5, 0.6) is 5.75 Å². The number of carbonyl (C=O) groups is 2. The number of rotatable bonds is 6. The first-order chi connectivity index (χ1) is 11.0. The summed E-state index contributed by atoms with van der Waals surface area (Å²) in [5.74, 6) is -0.125. The summed E-state index contributed by atoms with van der Waals surface area (Å²) in [5.41, 5.74) is 1.23. The van der Waals surface area contributed by atoms with Crippen molar-refractivity contribution in [2.24, 2.45) is 0 Å². The molecule has 0 aliphatic carbocycles. The van der Waals surface area contributed by atoms with Gasteiger partial charge in [-0.2, -0.15) is 0 Å². The number of benzene rings is 1. The highest BCUT2D eigenvalue weighted by Gasteiger charge is 2.18. The van der Waals surface area contributed by atoms with E-state index in [0.29, 0.717) is 17.1 Å². The summed E-state index contributed by atoms with van der Waals surface area (Å²) in [5, 5.41) is 10.3. The molecule has 0 spiro atoms. The maximum atomic E-state index is 12.0. The van der Waals surface area contributed by atoms with Crippen molar-refractivity contribution in [3.05, 3.63) is 35.7 Å². The quantitative estimate of drug-likeness (QED) is 0.809. The summed E-state index contributed by atoms with van der Waals surface area (Å²) in [6.07, 6.45) is 0. The predicted molar refractivity (Wildman–Crippen MR) is 82.3 cm³/mol. The van der Waals surface area contributed by atoms with Gasteiger partial charge in [0.15, 0.2) is 5.69 Å². The van der Waals surface area contributed by atoms with Crippen LogP contribution in [-0.4, -0.2) is 40.6 Å². The smallest absolute Gasteiger partial charge is 0.360 e. The Labute approximate surface area is 133 Å². The van der Waals surface area contributed by atoms with Crippen LogP contribution in [0.25, 0.3) is 0 Å². The first kappa shape index (κ1) is 16.5. The molecule has 122 valence electrons. The van der Waals surface area contributed by atoms with Gasteiger partial charge < -0.3 is 14.8 Å². The predicted octanol–water partition coefficient (Wildman–Crippen LogP) is 1.41. The number of esters is 1. The van der Waals surface area contributed by atoms with E-state index in [-0.39, 0.29) is 24.8 Å². The third kappa shape index (κ3) is 4.06. The molecule has 1 heterocycles. The molecular weight excluding hydrogens is 300 g/mol. The van der Waals surface area contributed by atoms with E-state index in [1.807, 2.05) is 0 Å². The standard InChI is InChI=1S/C15H18N4O4/c1-4-23-15(21)14-10(2)19(18-17-14)9-13(20)16-11-5-7-12(22-3)8-6-11/h5-8H,4,9H2,1-3H3,(H,16,20). The molecule has 0 radical (unpaired) electrons. The Morgan fingerprint density at radius 1 is 1.26 bits per heavy atom. The van der Waals surface area contributed by atoms with E-state index in [1.165, 1.54) is 4.68 Å². The molecule has 1 aromatic heterocycles. The van der Waals surface area contributed by atoms with Gasteiger partial charge in [-0.05, 0) is 38.1 Å². The van der Waals surface area contributed by atoms with Crippen molar-refractivity contribution >= 4 is 17.6 Å². The molecule has 1 amide bonds. The highest BCUT2D eigenvalue weighted by molar-refractivity contribution is 5.91. The van der Waals surface area contributed by atoms with Gasteiger partial charge in [0.2, 0.25) is 5.91 Å². The highest BCUT2D eigenvalue weighted by Crippen LogP contribution is 2.15. The zero-order valence-electron chi connectivity index (χ0n) is 13.2.